The van der Waals surface area contributed by atoms with Crippen molar-refractivity contribution in [3.05, 3.63) is 82.7 Å². The summed E-state index contributed by atoms with van der Waals surface area (Å²) in [6, 6.07) is 18.4. The van der Waals surface area contributed by atoms with Crippen molar-refractivity contribution in [3.63, 3.8) is 0 Å². The van der Waals surface area contributed by atoms with Crippen molar-refractivity contribution in [2.24, 2.45) is 0 Å². The van der Waals surface area contributed by atoms with Crippen molar-refractivity contribution >= 4 is 10.8 Å². The second-order valence-corrected chi connectivity index (χ2v) is 8.54. The zero-order valence-electron chi connectivity index (χ0n) is 19.1. The van der Waals surface area contributed by atoms with Crippen LogP contribution in [0.15, 0.2) is 54.6 Å². The van der Waals surface area contributed by atoms with E-state index >= 15 is 0 Å². The lowest BCUT2D eigenvalue weighted by Gasteiger charge is -2.07. The Labute approximate surface area is 187 Å². The summed E-state index contributed by atoms with van der Waals surface area (Å²) in [5.74, 6) is 6.42. The van der Waals surface area contributed by atoms with E-state index in [1.807, 2.05) is 30.3 Å². The van der Waals surface area contributed by atoms with Gasteiger partial charge in [-0.1, -0.05) is 94.5 Å². The molecule has 0 aliphatic heterocycles. The van der Waals surface area contributed by atoms with Gasteiger partial charge in [0.2, 0.25) is 0 Å². The Hall–Kier alpha value is -2.59. The molecule has 0 saturated heterocycles. The molecule has 0 N–H and O–H groups in total. The van der Waals surface area contributed by atoms with Gasteiger partial charge >= 0.3 is 0 Å². The molecule has 0 radical (unpaired) electrons. The number of benzene rings is 3. The number of fused-ring (bicyclic) bond motifs is 1. The van der Waals surface area contributed by atoms with Gasteiger partial charge in [-0.25, -0.2) is 4.39 Å². The maximum Gasteiger partial charge on any atom is 0.134 e. The third-order valence-corrected chi connectivity index (χ3v) is 5.96. The van der Waals surface area contributed by atoms with Gasteiger partial charge in [-0.3, -0.25) is 0 Å². The van der Waals surface area contributed by atoms with Gasteiger partial charge in [0.05, 0.1) is 0 Å². The highest BCUT2D eigenvalue weighted by atomic mass is 19.1. The topological polar surface area (TPSA) is 0 Å². The molecular weight excluding hydrogens is 379 g/mol. The smallest absolute Gasteiger partial charge is 0.134 e. The highest BCUT2D eigenvalue weighted by molar-refractivity contribution is 5.85. The van der Waals surface area contributed by atoms with Crippen molar-refractivity contribution < 1.29 is 4.39 Å². The molecule has 0 aromatic heterocycles. The minimum atomic E-state index is -0.0709. The van der Waals surface area contributed by atoms with E-state index in [9.17, 15) is 4.39 Å². The summed E-state index contributed by atoms with van der Waals surface area (Å²) >= 11 is 0. The normalized spacial score (nSPS) is 10.8. The van der Waals surface area contributed by atoms with E-state index in [1.165, 1.54) is 37.7 Å². The molecule has 0 heterocycles. The molecule has 0 saturated carbocycles. The molecule has 162 valence electrons. The molecular formula is C30H35F. The molecule has 0 bridgehead atoms. The van der Waals surface area contributed by atoms with Crippen molar-refractivity contribution in [1.82, 2.24) is 0 Å². The molecule has 31 heavy (non-hydrogen) atoms. The lowest BCUT2D eigenvalue weighted by Crippen LogP contribution is -1.93. The second-order valence-electron chi connectivity index (χ2n) is 8.54. The van der Waals surface area contributed by atoms with Gasteiger partial charge in [0.25, 0.3) is 0 Å². The second kappa shape index (κ2) is 12.3. The monoisotopic (exact) mass is 414 g/mol. The first-order chi connectivity index (χ1) is 15.2. The summed E-state index contributed by atoms with van der Waals surface area (Å²) < 4.78 is 14.8. The maximum atomic E-state index is 14.8. The van der Waals surface area contributed by atoms with Crippen molar-refractivity contribution in [1.29, 1.82) is 0 Å². The number of hydrogen-bond donors (Lipinski definition) is 0. The Morgan fingerprint density at radius 3 is 2.06 bits per heavy atom. The fourth-order valence-corrected chi connectivity index (χ4v) is 4.01. The van der Waals surface area contributed by atoms with Crippen molar-refractivity contribution in [3.8, 4) is 11.8 Å². The van der Waals surface area contributed by atoms with Gasteiger partial charge in [0.15, 0.2) is 0 Å². The van der Waals surface area contributed by atoms with Crippen LogP contribution in [0.2, 0.25) is 0 Å². The molecule has 0 nitrogen and oxygen atoms in total. The van der Waals surface area contributed by atoms with Crippen LogP contribution in [0, 0.1) is 17.7 Å². The lowest BCUT2D eigenvalue weighted by molar-refractivity contribution is 0.609. The minimum Gasteiger partial charge on any atom is -0.206 e. The van der Waals surface area contributed by atoms with E-state index in [-0.39, 0.29) is 5.82 Å². The maximum absolute atomic E-state index is 14.8. The number of rotatable bonds is 10. The highest BCUT2D eigenvalue weighted by Gasteiger charge is 2.07. The Morgan fingerprint density at radius 1 is 0.645 bits per heavy atom. The van der Waals surface area contributed by atoms with Crippen LogP contribution in [-0.2, 0) is 12.8 Å². The van der Waals surface area contributed by atoms with Crippen LogP contribution in [-0.4, -0.2) is 0 Å². The molecule has 0 atom stereocenters. The number of hydrogen-bond acceptors (Lipinski definition) is 0. The molecule has 3 aromatic carbocycles. The van der Waals surface area contributed by atoms with Crippen LogP contribution < -0.4 is 0 Å². The zero-order valence-corrected chi connectivity index (χ0v) is 19.1. The lowest BCUT2D eigenvalue weighted by atomic mass is 10.00. The highest BCUT2D eigenvalue weighted by Crippen LogP contribution is 2.23. The molecule has 0 spiro atoms. The molecule has 0 amide bonds. The standard InChI is InChI=1S/C30H35F/c1-3-5-7-8-10-11-24-13-15-25(16-14-24)17-18-26-19-22-29-28(23-26)21-20-27(30(29)31)12-9-6-4-2/h13-16,19-23H,3-12H2,1-2H3. The molecule has 0 aliphatic rings. The molecule has 1 heteroatoms. The Bertz CT molecular complexity index is 1020. The van der Waals surface area contributed by atoms with Crippen LogP contribution >= 0.6 is 0 Å². The summed E-state index contributed by atoms with van der Waals surface area (Å²) in [4.78, 5) is 0. The fourth-order valence-electron chi connectivity index (χ4n) is 4.01. The first-order valence-electron chi connectivity index (χ1n) is 12.0. The third-order valence-electron chi connectivity index (χ3n) is 5.96. The minimum absolute atomic E-state index is 0.0709. The quantitative estimate of drug-likeness (QED) is 0.230. The van der Waals surface area contributed by atoms with Crippen LogP contribution in [0.25, 0.3) is 10.8 Å². The van der Waals surface area contributed by atoms with Crippen LogP contribution in [0.4, 0.5) is 4.39 Å². The largest absolute Gasteiger partial charge is 0.206 e. The number of aryl methyl sites for hydroxylation is 2. The van der Waals surface area contributed by atoms with Crippen molar-refractivity contribution in [2.45, 2.75) is 78.1 Å². The van der Waals surface area contributed by atoms with Crippen LogP contribution in [0.3, 0.4) is 0 Å². The summed E-state index contributed by atoms with van der Waals surface area (Å²) in [6.45, 7) is 4.42. The molecule has 0 unspecified atom stereocenters. The van der Waals surface area contributed by atoms with Gasteiger partial charge in [-0.05, 0) is 66.5 Å². The number of halogens is 1. The van der Waals surface area contributed by atoms with E-state index in [4.69, 9.17) is 0 Å². The van der Waals surface area contributed by atoms with Gasteiger partial charge in [0.1, 0.15) is 5.82 Å². The van der Waals surface area contributed by atoms with Crippen LogP contribution in [0.5, 0.6) is 0 Å². The Kier molecular flexibility index (Phi) is 9.16. The first-order valence-corrected chi connectivity index (χ1v) is 12.0. The van der Waals surface area contributed by atoms with Crippen molar-refractivity contribution in [2.75, 3.05) is 0 Å². The van der Waals surface area contributed by atoms with E-state index in [2.05, 4.69) is 50.0 Å². The SMILES string of the molecule is CCCCCCCc1ccc(C#Cc2ccc3c(F)c(CCCCC)ccc3c2)cc1. The van der Waals surface area contributed by atoms with E-state index in [1.54, 1.807) is 0 Å². The molecule has 3 aromatic rings. The average molecular weight is 415 g/mol. The summed E-state index contributed by atoms with van der Waals surface area (Å²) in [6.07, 6.45) is 11.9. The summed E-state index contributed by atoms with van der Waals surface area (Å²) in [5, 5.41) is 1.62. The Morgan fingerprint density at radius 2 is 1.29 bits per heavy atom. The van der Waals surface area contributed by atoms with Crippen LogP contribution in [0.1, 0.15) is 87.5 Å². The third kappa shape index (κ3) is 6.96. The van der Waals surface area contributed by atoms with Gasteiger partial charge < -0.3 is 0 Å². The predicted molar refractivity (Wildman–Crippen MR) is 132 cm³/mol. The predicted octanol–water partition coefficient (Wildman–Crippen LogP) is 8.62. The fraction of sp³-hybridized carbons (Fsp3) is 0.400. The van der Waals surface area contributed by atoms with E-state index < -0.39 is 0 Å². The van der Waals surface area contributed by atoms with Gasteiger partial charge in [-0.15, -0.1) is 0 Å². The molecule has 3 rings (SSSR count). The Balaban J connectivity index is 1.63. The first kappa shape index (κ1) is 23.1. The van der Waals surface area contributed by atoms with E-state index in [0.717, 1.165) is 54.2 Å². The average Bonchev–Trinajstić information content (AvgIpc) is 2.80. The molecule has 0 aliphatic carbocycles. The van der Waals surface area contributed by atoms with Gasteiger partial charge in [-0.2, -0.15) is 0 Å². The van der Waals surface area contributed by atoms with Gasteiger partial charge in [0, 0.05) is 16.5 Å². The number of unbranched alkanes of at least 4 members (excludes halogenated alkanes) is 6. The molecule has 0 fully saturated rings. The zero-order chi connectivity index (χ0) is 21.9. The van der Waals surface area contributed by atoms with E-state index in [0.29, 0.717) is 5.39 Å². The summed E-state index contributed by atoms with van der Waals surface area (Å²) in [7, 11) is 0. The summed E-state index contributed by atoms with van der Waals surface area (Å²) in [5.41, 5.74) is 4.15.